The van der Waals surface area contributed by atoms with Crippen molar-refractivity contribution < 1.29 is 9.63 Å². The Hall–Kier alpha value is -2.61. The van der Waals surface area contributed by atoms with Gasteiger partial charge in [0.2, 0.25) is 11.9 Å². The number of rotatable bonds is 6. The molecule has 0 unspecified atom stereocenters. The molecular formula is C15H22N6O2. The molecule has 0 fully saturated rings. The van der Waals surface area contributed by atoms with Crippen LogP contribution in [0, 0.1) is 0 Å². The van der Waals surface area contributed by atoms with E-state index in [-0.39, 0.29) is 17.8 Å². The van der Waals surface area contributed by atoms with E-state index in [9.17, 15) is 4.79 Å². The van der Waals surface area contributed by atoms with Crippen molar-refractivity contribution in [3.8, 4) is 0 Å². The molecule has 0 radical (unpaired) electrons. The number of nitrogens with two attached hydrogens (primary N) is 2. The van der Waals surface area contributed by atoms with Gasteiger partial charge in [0, 0.05) is 12.1 Å². The van der Waals surface area contributed by atoms with Gasteiger partial charge in [-0.2, -0.15) is 10.1 Å². The summed E-state index contributed by atoms with van der Waals surface area (Å²) in [5, 5.41) is 4.25. The van der Waals surface area contributed by atoms with Crippen molar-refractivity contribution in [3.63, 3.8) is 0 Å². The van der Waals surface area contributed by atoms with Crippen molar-refractivity contribution in [2.45, 2.75) is 25.9 Å². The molecule has 8 nitrogen and oxygen atoms in total. The molecular weight excluding hydrogens is 296 g/mol. The summed E-state index contributed by atoms with van der Waals surface area (Å²) in [5.74, 6) is 0.181. The molecule has 1 aromatic carbocycles. The summed E-state index contributed by atoms with van der Waals surface area (Å²) in [6.45, 7) is 4.49. The smallest absolute Gasteiger partial charge is 0.251 e. The second-order valence-electron chi connectivity index (χ2n) is 5.54. The largest absolute Gasteiger partial charge is 0.368 e. The molecule has 0 saturated carbocycles. The number of aliphatic imine (C=N–C) groups is 2. The quantitative estimate of drug-likeness (QED) is 0.657. The molecule has 1 heterocycles. The summed E-state index contributed by atoms with van der Waals surface area (Å²) in [4.78, 5) is 25.5. The van der Waals surface area contributed by atoms with Crippen molar-refractivity contribution in [1.29, 1.82) is 0 Å². The van der Waals surface area contributed by atoms with Gasteiger partial charge in [-0.15, -0.1) is 0 Å². The molecule has 8 heteroatoms. The van der Waals surface area contributed by atoms with Gasteiger partial charge in [0.15, 0.2) is 5.66 Å². The molecule has 0 aliphatic carbocycles. The number of nitrogens with zero attached hydrogens (tertiary/aromatic N) is 3. The van der Waals surface area contributed by atoms with Crippen LogP contribution in [0.5, 0.6) is 0 Å². The fourth-order valence-corrected chi connectivity index (χ4v) is 2.14. The fourth-order valence-electron chi connectivity index (χ4n) is 2.14. The zero-order chi connectivity index (χ0) is 16.9. The predicted molar refractivity (Wildman–Crippen MR) is 88.5 cm³/mol. The molecule has 5 N–H and O–H groups in total. The van der Waals surface area contributed by atoms with Crippen LogP contribution in [0.2, 0.25) is 0 Å². The average molecular weight is 318 g/mol. The van der Waals surface area contributed by atoms with Gasteiger partial charge >= 0.3 is 0 Å². The summed E-state index contributed by atoms with van der Waals surface area (Å²) in [6.07, 6.45) is 0.623. The van der Waals surface area contributed by atoms with E-state index in [0.29, 0.717) is 25.1 Å². The molecule has 0 atom stereocenters. The number of benzene rings is 1. The average Bonchev–Trinajstić information content (AvgIpc) is 2.49. The van der Waals surface area contributed by atoms with Crippen LogP contribution in [0.1, 0.15) is 30.6 Å². The van der Waals surface area contributed by atoms with Crippen molar-refractivity contribution in [3.05, 3.63) is 35.9 Å². The van der Waals surface area contributed by atoms with Gasteiger partial charge in [0.25, 0.3) is 5.91 Å². The highest BCUT2D eigenvalue weighted by Crippen LogP contribution is 2.19. The maximum Gasteiger partial charge on any atom is 0.251 e. The number of nitrogens with one attached hydrogen (secondary N) is 1. The minimum Gasteiger partial charge on any atom is -0.368 e. The molecule has 124 valence electrons. The Balaban J connectivity index is 1.74. The molecule has 0 aromatic heterocycles. The molecule has 1 aliphatic heterocycles. The molecule has 0 bridgehead atoms. The standard InChI is InChI=1S/C15H22N6O2/c1-15(2)20-13(16)19-14(17)21(15)23-10-6-9-18-12(22)11-7-4-3-5-8-11/h3-5,7-8H,6,9-10H2,1-2H3,(H,18,22)(H4,16,17,19,20). The van der Waals surface area contributed by atoms with E-state index in [4.69, 9.17) is 16.3 Å². The van der Waals surface area contributed by atoms with E-state index in [1.807, 2.05) is 32.0 Å². The number of guanidine groups is 2. The van der Waals surface area contributed by atoms with Gasteiger partial charge in [-0.25, -0.2) is 4.99 Å². The number of hydrogen-bond acceptors (Lipinski definition) is 7. The second-order valence-corrected chi connectivity index (χ2v) is 5.54. The minimum absolute atomic E-state index is 0.109. The molecule has 1 amide bonds. The van der Waals surface area contributed by atoms with E-state index in [2.05, 4.69) is 15.3 Å². The third-order valence-corrected chi connectivity index (χ3v) is 3.19. The lowest BCUT2D eigenvalue weighted by molar-refractivity contribution is -0.157. The van der Waals surface area contributed by atoms with Gasteiger partial charge in [-0.1, -0.05) is 18.2 Å². The summed E-state index contributed by atoms with van der Waals surface area (Å²) < 4.78 is 0. The number of hydroxylamine groups is 2. The van der Waals surface area contributed by atoms with Gasteiger partial charge in [-0.3, -0.25) is 9.63 Å². The zero-order valence-corrected chi connectivity index (χ0v) is 13.3. The number of carbonyl (C=O) groups excluding carboxylic acids is 1. The Morgan fingerprint density at radius 3 is 2.65 bits per heavy atom. The molecule has 0 spiro atoms. The van der Waals surface area contributed by atoms with Gasteiger partial charge < -0.3 is 16.8 Å². The first-order valence-electron chi connectivity index (χ1n) is 7.36. The van der Waals surface area contributed by atoms with E-state index < -0.39 is 5.66 Å². The van der Waals surface area contributed by atoms with Crippen molar-refractivity contribution in [2.75, 3.05) is 13.2 Å². The lowest BCUT2D eigenvalue weighted by Gasteiger charge is -2.36. The lowest BCUT2D eigenvalue weighted by Crippen LogP contribution is -2.53. The third kappa shape index (κ3) is 4.43. The first kappa shape index (κ1) is 16.8. The summed E-state index contributed by atoms with van der Waals surface area (Å²) in [5.41, 5.74) is 11.3. The SMILES string of the molecule is CC1(C)N=C(N)N=C(N)N1OCCCNC(=O)c1ccccc1. The first-order valence-corrected chi connectivity index (χ1v) is 7.36. The molecule has 1 aliphatic rings. The highest BCUT2D eigenvalue weighted by atomic mass is 16.7. The molecule has 0 saturated heterocycles. The van der Waals surface area contributed by atoms with Crippen molar-refractivity contribution in [1.82, 2.24) is 10.4 Å². The van der Waals surface area contributed by atoms with Crippen molar-refractivity contribution in [2.24, 2.45) is 21.5 Å². The van der Waals surface area contributed by atoms with Gasteiger partial charge in [0.1, 0.15) is 0 Å². The first-order chi connectivity index (χ1) is 10.9. The van der Waals surface area contributed by atoms with Crippen LogP contribution in [0.25, 0.3) is 0 Å². The Labute approximate surface area is 135 Å². The van der Waals surface area contributed by atoms with E-state index in [1.54, 1.807) is 12.1 Å². The third-order valence-electron chi connectivity index (χ3n) is 3.19. The molecule has 1 aromatic rings. The Kier molecular flexibility index (Phi) is 5.17. The second kappa shape index (κ2) is 7.10. The summed E-state index contributed by atoms with van der Waals surface area (Å²) in [7, 11) is 0. The van der Waals surface area contributed by atoms with Crippen LogP contribution in [0.15, 0.2) is 40.3 Å². The van der Waals surface area contributed by atoms with Gasteiger partial charge in [-0.05, 0) is 32.4 Å². The fraction of sp³-hybridized carbons (Fsp3) is 0.400. The van der Waals surface area contributed by atoms with Crippen LogP contribution in [-0.2, 0) is 4.84 Å². The number of carbonyl (C=O) groups is 1. The van der Waals surface area contributed by atoms with E-state index in [0.717, 1.165) is 0 Å². The monoisotopic (exact) mass is 318 g/mol. The lowest BCUT2D eigenvalue weighted by atomic mass is 10.2. The molecule has 2 rings (SSSR count). The van der Waals surface area contributed by atoms with Crippen LogP contribution in [-0.4, -0.2) is 41.7 Å². The highest BCUT2D eigenvalue weighted by Gasteiger charge is 2.32. The Bertz CT molecular complexity index is 612. The topological polar surface area (TPSA) is 118 Å². The Morgan fingerprint density at radius 1 is 1.30 bits per heavy atom. The minimum atomic E-state index is -0.719. The van der Waals surface area contributed by atoms with Crippen LogP contribution in [0.4, 0.5) is 0 Å². The maximum absolute atomic E-state index is 11.9. The van der Waals surface area contributed by atoms with Gasteiger partial charge in [0.05, 0.1) is 6.61 Å². The van der Waals surface area contributed by atoms with E-state index >= 15 is 0 Å². The predicted octanol–water partition coefficient (Wildman–Crippen LogP) is 0.419. The van der Waals surface area contributed by atoms with Crippen LogP contribution in [0.3, 0.4) is 0 Å². The zero-order valence-electron chi connectivity index (χ0n) is 13.3. The van der Waals surface area contributed by atoms with Crippen LogP contribution < -0.4 is 16.8 Å². The number of amides is 1. The molecule has 23 heavy (non-hydrogen) atoms. The normalized spacial score (nSPS) is 16.5. The summed E-state index contributed by atoms with van der Waals surface area (Å²) >= 11 is 0. The maximum atomic E-state index is 11.9. The Morgan fingerprint density at radius 2 is 2.00 bits per heavy atom. The van der Waals surface area contributed by atoms with Crippen molar-refractivity contribution >= 4 is 17.8 Å². The summed E-state index contributed by atoms with van der Waals surface area (Å²) in [6, 6.07) is 9.05. The highest BCUT2D eigenvalue weighted by molar-refractivity contribution is 5.95. The van der Waals surface area contributed by atoms with Crippen LogP contribution >= 0.6 is 0 Å². The van der Waals surface area contributed by atoms with E-state index in [1.165, 1.54) is 5.06 Å². The number of hydrogen-bond donors (Lipinski definition) is 3.